The highest BCUT2D eigenvalue weighted by atomic mass is 16.2. The lowest BCUT2D eigenvalue weighted by Gasteiger charge is -2.28. The van der Waals surface area contributed by atoms with Crippen molar-refractivity contribution in [2.24, 2.45) is 0 Å². The van der Waals surface area contributed by atoms with E-state index in [0.29, 0.717) is 18.4 Å². The highest BCUT2D eigenvalue weighted by molar-refractivity contribution is 5.76. The zero-order chi connectivity index (χ0) is 13.5. The van der Waals surface area contributed by atoms with Gasteiger partial charge in [-0.05, 0) is 31.4 Å². The molecule has 1 aromatic rings. The molecule has 0 saturated carbocycles. The zero-order valence-corrected chi connectivity index (χ0v) is 11.8. The fourth-order valence-corrected chi connectivity index (χ4v) is 2.70. The third kappa shape index (κ3) is 4.06. The summed E-state index contributed by atoms with van der Waals surface area (Å²) >= 11 is 0. The predicted octanol–water partition coefficient (Wildman–Crippen LogP) is 2.22. The summed E-state index contributed by atoms with van der Waals surface area (Å²) in [5.74, 6) is 0.305. The topological polar surface area (TPSA) is 32.3 Å². The summed E-state index contributed by atoms with van der Waals surface area (Å²) in [4.78, 5) is 14.5. The summed E-state index contributed by atoms with van der Waals surface area (Å²) in [5, 5.41) is 3.35. The standard InChI is InChI=1S/C16H24N2O/c1-2-12-18(15-10-11-17-13-15)16(19)9-8-14-6-4-3-5-7-14/h3-7,15,17H,2,8-13H2,1H3. The number of hydrogen-bond donors (Lipinski definition) is 1. The van der Waals surface area contributed by atoms with Crippen LogP contribution in [0.15, 0.2) is 30.3 Å². The van der Waals surface area contributed by atoms with Gasteiger partial charge in [0.1, 0.15) is 0 Å². The SMILES string of the molecule is CCCN(C(=O)CCc1ccccc1)C1CCNC1. The maximum atomic E-state index is 12.4. The highest BCUT2D eigenvalue weighted by Gasteiger charge is 2.25. The maximum Gasteiger partial charge on any atom is 0.223 e. The van der Waals surface area contributed by atoms with Crippen molar-refractivity contribution in [3.05, 3.63) is 35.9 Å². The summed E-state index contributed by atoms with van der Waals surface area (Å²) in [6, 6.07) is 10.7. The van der Waals surface area contributed by atoms with Gasteiger partial charge in [0.05, 0.1) is 0 Å². The third-order valence-electron chi connectivity index (χ3n) is 3.73. The molecule has 0 aliphatic carbocycles. The number of aryl methyl sites for hydroxylation is 1. The maximum absolute atomic E-state index is 12.4. The number of amides is 1. The minimum Gasteiger partial charge on any atom is -0.338 e. The molecule has 1 aliphatic rings. The molecular weight excluding hydrogens is 236 g/mol. The number of nitrogens with zero attached hydrogens (tertiary/aromatic N) is 1. The van der Waals surface area contributed by atoms with Crippen molar-refractivity contribution in [3.63, 3.8) is 0 Å². The van der Waals surface area contributed by atoms with Crippen LogP contribution in [0.5, 0.6) is 0 Å². The van der Waals surface area contributed by atoms with Crippen LogP contribution < -0.4 is 5.32 Å². The Labute approximate surface area is 116 Å². The van der Waals surface area contributed by atoms with E-state index in [9.17, 15) is 4.79 Å². The first-order chi connectivity index (χ1) is 9.31. The van der Waals surface area contributed by atoms with Crippen LogP contribution in [-0.2, 0) is 11.2 Å². The van der Waals surface area contributed by atoms with Crippen molar-refractivity contribution in [2.75, 3.05) is 19.6 Å². The van der Waals surface area contributed by atoms with Gasteiger partial charge in [0.25, 0.3) is 0 Å². The van der Waals surface area contributed by atoms with Crippen molar-refractivity contribution in [3.8, 4) is 0 Å². The van der Waals surface area contributed by atoms with Gasteiger partial charge in [0.2, 0.25) is 5.91 Å². The summed E-state index contributed by atoms with van der Waals surface area (Å²) < 4.78 is 0. The van der Waals surface area contributed by atoms with Crippen molar-refractivity contribution in [2.45, 2.75) is 38.6 Å². The Balaban J connectivity index is 1.88. The fraction of sp³-hybridized carbons (Fsp3) is 0.562. The predicted molar refractivity (Wildman–Crippen MR) is 78.0 cm³/mol. The molecule has 0 bridgehead atoms. The van der Waals surface area contributed by atoms with Gasteiger partial charge in [0.15, 0.2) is 0 Å². The van der Waals surface area contributed by atoms with Crippen LogP contribution in [0.1, 0.15) is 31.7 Å². The summed E-state index contributed by atoms with van der Waals surface area (Å²) in [7, 11) is 0. The third-order valence-corrected chi connectivity index (χ3v) is 3.73. The van der Waals surface area contributed by atoms with E-state index in [2.05, 4.69) is 29.3 Å². The van der Waals surface area contributed by atoms with Crippen molar-refractivity contribution < 1.29 is 4.79 Å². The lowest BCUT2D eigenvalue weighted by Crippen LogP contribution is -2.42. The first kappa shape index (κ1) is 14.1. The molecule has 1 atom stereocenters. The summed E-state index contributed by atoms with van der Waals surface area (Å²) in [5.41, 5.74) is 1.25. The molecule has 104 valence electrons. The number of carbonyl (C=O) groups is 1. The summed E-state index contributed by atoms with van der Waals surface area (Å²) in [6.07, 6.45) is 3.60. The largest absolute Gasteiger partial charge is 0.338 e. The van der Waals surface area contributed by atoms with Gasteiger partial charge in [-0.2, -0.15) is 0 Å². The number of carbonyl (C=O) groups excluding carboxylic acids is 1. The van der Waals surface area contributed by atoms with Gasteiger partial charge in [0, 0.05) is 25.6 Å². The van der Waals surface area contributed by atoms with E-state index < -0.39 is 0 Å². The lowest BCUT2D eigenvalue weighted by molar-refractivity contribution is -0.133. The summed E-state index contributed by atoms with van der Waals surface area (Å²) in [6.45, 7) is 5.02. The van der Waals surface area contributed by atoms with E-state index in [1.54, 1.807) is 0 Å². The minimum atomic E-state index is 0.305. The van der Waals surface area contributed by atoms with Gasteiger partial charge >= 0.3 is 0 Å². The molecule has 1 aromatic carbocycles. The lowest BCUT2D eigenvalue weighted by atomic mass is 10.1. The molecule has 0 radical (unpaired) electrons. The van der Waals surface area contributed by atoms with Gasteiger partial charge < -0.3 is 10.2 Å². The molecular formula is C16H24N2O. The molecule has 3 nitrogen and oxygen atoms in total. The molecule has 2 rings (SSSR count). The zero-order valence-electron chi connectivity index (χ0n) is 11.8. The Morgan fingerprint density at radius 1 is 1.37 bits per heavy atom. The Kier molecular flexibility index (Phi) is 5.40. The first-order valence-electron chi connectivity index (χ1n) is 7.35. The van der Waals surface area contributed by atoms with E-state index in [0.717, 1.165) is 38.9 Å². The van der Waals surface area contributed by atoms with E-state index in [1.807, 2.05) is 18.2 Å². The van der Waals surface area contributed by atoms with E-state index in [-0.39, 0.29) is 0 Å². The molecule has 1 saturated heterocycles. The number of nitrogens with one attached hydrogen (secondary N) is 1. The van der Waals surface area contributed by atoms with Gasteiger partial charge in [-0.3, -0.25) is 4.79 Å². The van der Waals surface area contributed by atoms with Crippen molar-refractivity contribution >= 4 is 5.91 Å². The fourth-order valence-electron chi connectivity index (χ4n) is 2.70. The highest BCUT2D eigenvalue weighted by Crippen LogP contribution is 2.12. The van der Waals surface area contributed by atoms with Gasteiger partial charge in [-0.1, -0.05) is 37.3 Å². The Bertz CT molecular complexity index is 385. The van der Waals surface area contributed by atoms with Crippen LogP contribution in [0, 0.1) is 0 Å². The average Bonchev–Trinajstić information content (AvgIpc) is 2.97. The Hall–Kier alpha value is -1.35. The molecule has 1 aliphatic heterocycles. The van der Waals surface area contributed by atoms with E-state index >= 15 is 0 Å². The van der Waals surface area contributed by atoms with Gasteiger partial charge in [-0.25, -0.2) is 0 Å². The van der Waals surface area contributed by atoms with Crippen LogP contribution >= 0.6 is 0 Å². The molecule has 1 heterocycles. The number of rotatable bonds is 6. The molecule has 0 spiro atoms. The quantitative estimate of drug-likeness (QED) is 0.850. The average molecular weight is 260 g/mol. The molecule has 19 heavy (non-hydrogen) atoms. The van der Waals surface area contributed by atoms with Gasteiger partial charge in [-0.15, -0.1) is 0 Å². The monoisotopic (exact) mass is 260 g/mol. The van der Waals surface area contributed by atoms with Crippen molar-refractivity contribution in [1.82, 2.24) is 10.2 Å². The van der Waals surface area contributed by atoms with Crippen LogP contribution in [0.2, 0.25) is 0 Å². The van der Waals surface area contributed by atoms with Crippen molar-refractivity contribution in [1.29, 1.82) is 0 Å². The molecule has 1 amide bonds. The number of benzene rings is 1. The second-order valence-corrected chi connectivity index (χ2v) is 5.22. The molecule has 1 N–H and O–H groups in total. The smallest absolute Gasteiger partial charge is 0.223 e. The molecule has 1 unspecified atom stereocenters. The first-order valence-corrected chi connectivity index (χ1v) is 7.35. The van der Waals surface area contributed by atoms with E-state index in [1.165, 1.54) is 5.56 Å². The second kappa shape index (κ2) is 7.29. The second-order valence-electron chi connectivity index (χ2n) is 5.22. The van der Waals surface area contributed by atoms with E-state index in [4.69, 9.17) is 0 Å². The molecule has 0 aromatic heterocycles. The Morgan fingerprint density at radius 3 is 2.79 bits per heavy atom. The number of hydrogen-bond acceptors (Lipinski definition) is 2. The minimum absolute atomic E-state index is 0.305. The van der Waals surface area contributed by atoms with Crippen LogP contribution in [0.3, 0.4) is 0 Å². The molecule has 1 fully saturated rings. The van der Waals surface area contributed by atoms with Crippen LogP contribution in [-0.4, -0.2) is 36.5 Å². The normalized spacial score (nSPS) is 18.5. The van der Waals surface area contributed by atoms with Crippen LogP contribution in [0.25, 0.3) is 0 Å². The molecule has 3 heteroatoms. The van der Waals surface area contributed by atoms with Crippen LogP contribution in [0.4, 0.5) is 0 Å². The Morgan fingerprint density at radius 2 is 2.16 bits per heavy atom.